The third kappa shape index (κ3) is 3.47. The van der Waals surface area contributed by atoms with Gasteiger partial charge in [-0.2, -0.15) is 5.26 Å². The molecule has 29 heavy (non-hydrogen) atoms. The number of benzene rings is 1. The monoisotopic (exact) mass is 408 g/mol. The third-order valence-corrected chi connectivity index (χ3v) is 6.61. The molecule has 4 aliphatic rings. The second-order valence-electron chi connectivity index (χ2n) is 7.38. The van der Waals surface area contributed by atoms with Crippen LogP contribution in [0.2, 0.25) is 0 Å². The van der Waals surface area contributed by atoms with Gasteiger partial charge in [0.15, 0.2) is 11.5 Å². The first-order valence-corrected chi connectivity index (χ1v) is 10.7. The van der Waals surface area contributed by atoms with Crippen LogP contribution in [0.25, 0.3) is 0 Å². The van der Waals surface area contributed by atoms with E-state index in [2.05, 4.69) is 16.3 Å². The summed E-state index contributed by atoms with van der Waals surface area (Å²) in [6.45, 7) is 2.69. The zero-order valence-corrected chi connectivity index (χ0v) is 16.6. The highest BCUT2D eigenvalue weighted by Crippen LogP contribution is 2.42. The Balaban J connectivity index is 1.22. The minimum Gasteiger partial charge on any atom is -0.454 e. The maximum atomic E-state index is 12.3. The summed E-state index contributed by atoms with van der Waals surface area (Å²) < 4.78 is 10.7. The molecule has 1 amide bonds. The van der Waals surface area contributed by atoms with Crippen molar-refractivity contribution in [3.63, 3.8) is 0 Å². The summed E-state index contributed by atoms with van der Waals surface area (Å²) >= 11 is 1.32. The first-order chi connectivity index (χ1) is 14.2. The van der Waals surface area contributed by atoms with Crippen molar-refractivity contribution in [1.82, 2.24) is 10.3 Å². The second-order valence-corrected chi connectivity index (χ2v) is 8.34. The van der Waals surface area contributed by atoms with Crippen LogP contribution in [0.4, 0.5) is 5.82 Å². The Hall–Kier alpha value is -2.92. The topological polar surface area (TPSA) is 87.5 Å². The van der Waals surface area contributed by atoms with Crippen LogP contribution >= 0.6 is 11.8 Å². The van der Waals surface area contributed by atoms with Crippen molar-refractivity contribution in [2.75, 3.05) is 30.5 Å². The fraction of sp³-hybridized carbons (Fsp3) is 0.381. The number of nitrogens with zero attached hydrogens (tertiary/aromatic N) is 3. The second kappa shape index (κ2) is 7.48. The van der Waals surface area contributed by atoms with E-state index in [0.717, 1.165) is 43.1 Å². The number of pyridine rings is 1. The van der Waals surface area contributed by atoms with E-state index in [0.29, 0.717) is 28.8 Å². The van der Waals surface area contributed by atoms with Crippen LogP contribution in [0.5, 0.6) is 11.5 Å². The lowest BCUT2D eigenvalue weighted by atomic mass is 9.84. The van der Waals surface area contributed by atoms with Crippen LogP contribution in [0.1, 0.15) is 35.4 Å². The number of piperidine rings is 1. The summed E-state index contributed by atoms with van der Waals surface area (Å²) in [6.07, 6.45) is 2.27. The van der Waals surface area contributed by atoms with Gasteiger partial charge in [0.25, 0.3) is 0 Å². The van der Waals surface area contributed by atoms with Crippen molar-refractivity contribution >= 4 is 23.5 Å². The van der Waals surface area contributed by atoms with Gasteiger partial charge in [-0.1, -0.05) is 17.8 Å². The van der Waals surface area contributed by atoms with Crippen LogP contribution in [0.15, 0.2) is 29.3 Å². The van der Waals surface area contributed by atoms with E-state index in [1.165, 1.54) is 17.3 Å². The molecule has 0 spiro atoms. The van der Waals surface area contributed by atoms with Gasteiger partial charge in [-0.15, -0.1) is 0 Å². The number of hydrogen-bond donors (Lipinski definition) is 1. The predicted octanol–water partition coefficient (Wildman–Crippen LogP) is 2.79. The minimum atomic E-state index is -0.0992. The van der Waals surface area contributed by atoms with Gasteiger partial charge in [-0.3, -0.25) is 4.79 Å². The molecule has 5 heterocycles. The Morgan fingerprint density at radius 1 is 1.28 bits per heavy atom. The minimum absolute atomic E-state index is 0.0992. The summed E-state index contributed by atoms with van der Waals surface area (Å²) in [6, 6.07) is 9.85. The van der Waals surface area contributed by atoms with Crippen molar-refractivity contribution in [3.05, 3.63) is 41.0 Å². The lowest BCUT2D eigenvalue weighted by molar-refractivity contribution is -0.118. The SMILES string of the molecule is N#Cc1cc2c(nc1SCC(=O)NCc1ccc3c(c1)OCO3)N1CCC2CC1. The van der Waals surface area contributed by atoms with E-state index in [-0.39, 0.29) is 18.5 Å². The Kier molecular flexibility index (Phi) is 4.68. The Morgan fingerprint density at radius 3 is 2.93 bits per heavy atom. The lowest BCUT2D eigenvalue weighted by Crippen LogP contribution is -2.39. The van der Waals surface area contributed by atoms with E-state index in [1.807, 2.05) is 24.3 Å². The van der Waals surface area contributed by atoms with E-state index in [9.17, 15) is 10.1 Å². The number of carbonyl (C=O) groups is 1. The van der Waals surface area contributed by atoms with Crippen LogP contribution in [0, 0.1) is 11.3 Å². The molecule has 148 valence electrons. The number of hydrogen-bond acceptors (Lipinski definition) is 7. The molecule has 7 nitrogen and oxygen atoms in total. The van der Waals surface area contributed by atoms with Crippen molar-refractivity contribution < 1.29 is 14.3 Å². The first kappa shape index (κ1) is 18.1. The van der Waals surface area contributed by atoms with Crippen molar-refractivity contribution in [1.29, 1.82) is 5.26 Å². The maximum absolute atomic E-state index is 12.3. The van der Waals surface area contributed by atoms with Crippen molar-refractivity contribution in [3.8, 4) is 17.6 Å². The van der Waals surface area contributed by atoms with Gasteiger partial charge in [-0.25, -0.2) is 4.98 Å². The number of amides is 1. The zero-order valence-electron chi connectivity index (χ0n) is 15.8. The highest BCUT2D eigenvalue weighted by molar-refractivity contribution is 8.00. The number of aromatic nitrogens is 1. The molecule has 4 aliphatic heterocycles. The van der Waals surface area contributed by atoms with Gasteiger partial charge in [-0.05, 0) is 48.1 Å². The standard InChI is InChI=1S/C21H20N4O3S/c22-9-15-8-16-14-3-5-25(6-4-14)20(16)24-21(15)29-11-19(26)23-10-13-1-2-17-18(7-13)28-12-27-17/h1-2,7-8,14H,3-6,10-12H2,(H,23,26). The van der Waals surface area contributed by atoms with Crippen molar-refractivity contribution in [2.45, 2.75) is 30.3 Å². The molecule has 0 saturated carbocycles. The number of carbonyl (C=O) groups excluding carboxylic acids is 1. The average Bonchev–Trinajstić information content (AvgIpc) is 3.24. The Labute approximate surface area is 173 Å². The maximum Gasteiger partial charge on any atom is 0.231 e. The third-order valence-electron chi connectivity index (χ3n) is 5.62. The molecule has 2 aromatic rings. The van der Waals surface area contributed by atoms with Gasteiger partial charge >= 0.3 is 0 Å². The number of thioether (sulfide) groups is 1. The van der Waals surface area contributed by atoms with E-state index < -0.39 is 0 Å². The molecule has 0 unspecified atom stereocenters. The van der Waals surface area contributed by atoms with Gasteiger partial charge in [0.1, 0.15) is 16.9 Å². The molecule has 1 saturated heterocycles. The molecule has 0 aliphatic carbocycles. The Morgan fingerprint density at radius 2 is 2.10 bits per heavy atom. The smallest absolute Gasteiger partial charge is 0.231 e. The summed E-state index contributed by atoms with van der Waals surface area (Å²) in [4.78, 5) is 19.4. The molecule has 1 fully saturated rings. The molecule has 1 aromatic heterocycles. The molecule has 1 N–H and O–H groups in total. The van der Waals surface area contributed by atoms with Crippen LogP contribution in [0.3, 0.4) is 0 Å². The van der Waals surface area contributed by atoms with Crippen molar-refractivity contribution in [2.24, 2.45) is 0 Å². The molecule has 8 heteroatoms. The fourth-order valence-corrected chi connectivity index (χ4v) is 4.87. The summed E-state index contributed by atoms with van der Waals surface area (Å²) in [5, 5.41) is 13.1. The molecule has 2 bridgehead atoms. The fourth-order valence-electron chi connectivity index (χ4n) is 4.09. The molecule has 1 aromatic carbocycles. The number of nitriles is 1. The summed E-state index contributed by atoms with van der Waals surface area (Å²) in [7, 11) is 0. The molecular formula is C21H20N4O3S. The molecule has 0 radical (unpaired) electrons. The van der Waals surface area contributed by atoms with E-state index in [1.54, 1.807) is 0 Å². The Bertz CT molecular complexity index is 1010. The first-order valence-electron chi connectivity index (χ1n) is 9.69. The number of anilines is 1. The number of fused-ring (bicyclic) bond motifs is 3. The average molecular weight is 408 g/mol. The highest BCUT2D eigenvalue weighted by atomic mass is 32.2. The van der Waals surface area contributed by atoms with Gasteiger partial charge < -0.3 is 19.7 Å². The molecule has 6 rings (SSSR count). The van der Waals surface area contributed by atoms with Crippen LogP contribution < -0.4 is 19.7 Å². The van der Waals surface area contributed by atoms with Gasteiger partial charge in [0.05, 0.1) is 11.3 Å². The normalized spacial score (nSPS) is 16.4. The quantitative estimate of drug-likeness (QED) is 0.761. The molecular weight excluding hydrogens is 388 g/mol. The van der Waals surface area contributed by atoms with Gasteiger partial charge in [0, 0.05) is 19.6 Å². The highest BCUT2D eigenvalue weighted by Gasteiger charge is 2.33. The van der Waals surface area contributed by atoms with E-state index in [4.69, 9.17) is 14.5 Å². The molecule has 0 atom stereocenters. The number of ether oxygens (including phenoxy) is 2. The van der Waals surface area contributed by atoms with E-state index >= 15 is 0 Å². The zero-order chi connectivity index (χ0) is 19.8. The number of rotatable bonds is 5. The van der Waals surface area contributed by atoms with Crippen LogP contribution in [-0.2, 0) is 11.3 Å². The van der Waals surface area contributed by atoms with Gasteiger partial charge in [0.2, 0.25) is 12.7 Å². The summed E-state index contributed by atoms with van der Waals surface area (Å²) in [5.41, 5.74) is 2.70. The number of nitrogens with one attached hydrogen (secondary N) is 1. The lowest BCUT2D eigenvalue weighted by Gasteiger charge is -2.41. The summed E-state index contributed by atoms with van der Waals surface area (Å²) in [5.74, 6) is 3.05. The van der Waals surface area contributed by atoms with Crippen LogP contribution in [-0.4, -0.2) is 36.5 Å². The largest absolute Gasteiger partial charge is 0.454 e. The predicted molar refractivity (Wildman–Crippen MR) is 108 cm³/mol.